The van der Waals surface area contributed by atoms with Gasteiger partial charge in [0.05, 0.1) is 18.8 Å². The monoisotopic (exact) mass is 448 g/mol. The molecule has 0 aliphatic carbocycles. The fourth-order valence-corrected chi connectivity index (χ4v) is 2.47. The highest BCUT2D eigenvalue weighted by molar-refractivity contribution is 5.94. The van der Waals surface area contributed by atoms with Crippen LogP contribution in [0.25, 0.3) is 0 Å². The van der Waals surface area contributed by atoms with E-state index in [2.05, 4.69) is 16.0 Å². The van der Waals surface area contributed by atoms with Crippen LogP contribution in [0.3, 0.4) is 0 Å². The number of aliphatic hydroxyl groups excluding tert-OH is 2. The zero-order valence-corrected chi connectivity index (χ0v) is 17.7. The lowest BCUT2D eigenvalue weighted by atomic mass is 9.97. The van der Waals surface area contributed by atoms with Crippen LogP contribution >= 0.6 is 0 Å². The van der Waals surface area contributed by atoms with Gasteiger partial charge in [0, 0.05) is 6.42 Å². The molecule has 0 aromatic heterocycles. The number of carboxylic acid groups (broad SMARTS) is 2. The predicted molar refractivity (Wildman–Crippen MR) is 106 cm³/mol. The molecule has 0 saturated carbocycles. The molecule has 9 N–H and O–H groups in total. The van der Waals surface area contributed by atoms with Crippen LogP contribution in [0.4, 0.5) is 0 Å². The Balaban J connectivity index is 5.26. The van der Waals surface area contributed by atoms with E-state index in [0.29, 0.717) is 6.42 Å². The Labute approximate surface area is 179 Å². The number of aliphatic hydroxyl groups is 2. The highest BCUT2D eigenvalue weighted by atomic mass is 16.4. The average Bonchev–Trinajstić information content (AvgIpc) is 2.70. The van der Waals surface area contributed by atoms with E-state index in [1.165, 1.54) is 6.92 Å². The van der Waals surface area contributed by atoms with Gasteiger partial charge in [0.1, 0.15) is 12.1 Å². The summed E-state index contributed by atoms with van der Waals surface area (Å²) in [5.74, 6) is -5.73. The Morgan fingerprint density at radius 3 is 1.87 bits per heavy atom. The molecule has 13 nitrogen and oxygen atoms in total. The molecule has 0 saturated heterocycles. The molecule has 13 heteroatoms. The first-order chi connectivity index (χ1) is 14.3. The van der Waals surface area contributed by atoms with Gasteiger partial charge in [0.15, 0.2) is 6.04 Å². The molecule has 6 atom stereocenters. The van der Waals surface area contributed by atoms with Gasteiger partial charge >= 0.3 is 11.9 Å². The van der Waals surface area contributed by atoms with Gasteiger partial charge in [0.2, 0.25) is 17.7 Å². The van der Waals surface area contributed by atoms with Gasteiger partial charge < -0.3 is 42.1 Å². The largest absolute Gasteiger partial charge is 0.481 e. The van der Waals surface area contributed by atoms with Crippen LogP contribution in [-0.4, -0.2) is 87.0 Å². The van der Waals surface area contributed by atoms with Crippen LogP contribution in [0, 0.1) is 5.92 Å². The van der Waals surface area contributed by atoms with Crippen molar-refractivity contribution in [1.82, 2.24) is 16.0 Å². The second-order valence-electron chi connectivity index (χ2n) is 7.22. The lowest BCUT2D eigenvalue weighted by molar-refractivity contribution is -0.145. The van der Waals surface area contributed by atoms with Crippen molar-refractivity contribution in [2.24, 2.45) is 11.7 Å². The molecular formula is C18H32N4O9. The summed E-state index contributed by atoms with van der Waals surface area (Å²) in [6, 6.07) is -5.52. The molecular weight excluding hydrogens is 416 g/mol. The quantitative estimate of drug-likeness (QED) is 0.135. The van der Waals surface area contributed by atoms with Gasteiger partial charge in [-0.25, -0.2) is 4.79 Å². The van der Waals surface area contributed by atoms with Crippen molar-refractivity contribution < 1.29 is 44.4 Å². The predicted octanol–water partition coefficient (Wildman–Crippen LogP) is -2.86. The van der Waals surface area contributed by atoms with E-state index < -0.39 is 72.5 Å². The summed E-state index contributed by atoms with van der Waals surface area (Å²) in [4.78, 5) is 58.9. The van der Waals surface area contributed by atoms with Gasteiger partial charge in [-0.05, 0) is 19.3 Å². The number of rotatable bonds is 14. The molecule has 0 heterocycles. The summed E-state index contributed by atoms with van der Waals surface area (Å²) in [5, 5.41) is 43.4. The molecule has 0 aromatic rings. The highest BCUT2D eigenvalue weighted by Gasteiger charge is 2.33. The lowest BCUT2D eigenvalue weighted by Gasteiger charge is -2.28. The summed E-state index contributed by atoms with van der Waals surface area (Å²) >= 11 is 0. The van der Waals surface area contributed by atoms with Crippen molar-refractivity contribution in [1.29, 1.82) is 0 Å². The van der Waals surface area contributed by atoms with E-state index in [0.717, 1.165) is 0 Å². The van der Waals surface area contributed by atoms with Crippen LogP contribution in [0.15, 0.2) is 0 Å². The van der Waals surface area contributed by atoms with Gasteiger partial charge in [-0.15, -0.1) is 0 Å². The van der Waals surface area contributed by atoms with Crippen molar-refractivity contribution in [2.75, 3.05) is 6.61 Å². The van der Waals surface area contributed by atoms with Gasteiger partial charge in [0.25, 0.3) is 0 Å². The second-order valence-corrected chi connectivity index (χ2v) is 7.22. The molecule has 6 unspecified atom stereocenters. The van der Waals surface area contributed by atoms with Crippen LogP contribution < -0.4 is 21.7 Å². The molecule has 0 bridgehead atoms. The molecule has 31 heavy (non-hydrogen) atoms. The van der Waals surface area contributed by atoms with Crippen molar-refractivity contribution >= 4 is 29.7 Å². The minimum atomic E-state index is -1.60. The van der Waals surface area contributed by atoms with E-state index in [1.54, 1.807) is 13.8 Å². The number of hydrogen-bond donors (Lipinski definition) is 8. The van der Waals surface area contributed by atoms with Crippen LogP contribution in [0.2, 0.25) is 0 Å². The van der Waals surface area contributed by atoms with Crippen LogP contribution in [0.1, 0.15) is 40.0 Å². The van der Waals surface area contributed by atoms with E-state index in [-0.39, 0.29) is 12.8 Å². The van der Waals surface area contributed by atoms with Crippen molar-refractivity contribution in [2.45, 2.75) is 70.3 Å². The first kappa shape index (κ1) is 28.2. The number of carboxylic acids is 2. The fourth-order valence-electron chi connectivity index (χ4n) is 2.47. The first-order valence-corrected chi connectivity index (χ1v) is 9.75. The average molecular weight is 448 g/mol. The summed E-state index contributed by atoms with van der Waals surface area (Å²) in [6.07, 6.45) is -1.53. The van der Waals surface area contributed by atoms with Crippen LogP contribution in [0.5, 0.6) is 0 Å². The molecule has 3 amide bonds. The number of nitrogens with two attached hydrogens (primary N) is 1. The maximum atomic E-state index is 12.6. The molecule has 0 radical (unpaired) electrons. The van der Waals surface area contributed by atoms with Crippen molar-refractivity contribution in [3.05, 3.63) is 0 Å². The van der Waals surface area contributed by atoms with E-state index in [1.807, 2.05) is 0 Å². The third kappa shape index (κ3) is 9.72. The summed E-state index contributed by atoms with van der Waals surface area (Å²) in [7, 11) is 0. The Hall–Kier alpha value is -2.77. The smallest absolute Gasteiger partial charge is 0.328 e. The standard InChI is InChI=1S/C18H32N4O9/c1-4-8(2)13(17(29)22-14(9(3)24)18(30)31)21-16(28)11(7-23)20-15(27)10(19)5-6-12(25)26/h8-11,13-14,23-24H,4-7,19H2,1-3H3,(H,20,27)(H,21,28)(H,22,29)(H,25,26)(H,30,31). The third-order valence-corrected chi connectivity index (χ3v) is 4.66. The molecule has 0 fully saturated rings. The Kier molecular flexibility index (Phi) is 12.3. The van der Waals surface area contributed by atoms with Gasteiger partial charge in [-0.1, -0.05) is 20.3 Å². The topological polar surface area (TPSA) is 228 Å². The first-order valence-electron chi connectivity index (χ1n) is 9.75. The second kappa shape index (κ2) is 13.5. The number of carbonyl (C=O) groups excluding carboxylic acids is 3. The molecule has 0 spiro atoms. The van der Waals surface area contributed by atoms with Crippen molar-refractivity contribution in [3.8, 4) is 0 Å². The van der Waals surface area contributed by atoms with Gasteiger partial charge in [-0.2, -0.15) is 0 Å². The maximum absolute atomic E-state index is 12.6. The summed E-state index contributed by atoms with van der Waals surface area (Å²) < 4.78 is 0. The molecule has 0 aliphatic rings. The number of aliphatic carboxylic acids is 2. The fraction of sp³-hybridized carbons (Fsp3) is 0.722. The zero-order chi connectivity index (χ0) is 24.3. The normalized spacial score (nSPS) is 16.7. The highest BCUT2D eigenvalue weighted by Crippen LogP contribution is 2.09. The number of hydrogen-bond acceptors (Lipinski definition) is 8. The van der Waals surface area contributed by atoms with E-state index >= 15 is 0 Å². The van der Waals surface area contributed by atoms with Crippen LogP contribution in [-0.2, 0) is 24.0 Å². The van der Waals surface area contributed by atoms with Crippen molar-refractivity contribution in [3.63, 3.8) is 0 Å². The molecule has 178 valence electrons. The molecule has 0 aliphatic heterocycles. The number of nitrogens with one attached hydrogen (secondary N) is 3. The third-order valence-electron chi connectivity index (χ3n) is 4.66. The van der Waals surface area contributed by atoms with E-state index in [4.69, 9.17) is 15.9 Å². The number of carbonyl (C=O) groups is 5. The minimum Gasteiger partial charge on any atom is -0.481 e. The Morgan fingerprint density at radius 2 is 1.45 bits per heavy atom. The molecule has 0 aromatic carbocycles. The van der Waals surface area contributed by atoms with E-state index in [9.17, 15) is 34.2 Å². The maximum Gasteiger partial charge on any atom is 0.328 e. The van der Waals surface area contributed by atoms with Gasteiger partial charge in [-0.3, -0.25) is 19.2 Å². The summed E-state index contributed by atoms with van der Waals surface area (Å²) in [5.41, 5.74) is 5.57. The Morgan fingerprint density at radius 1 is 0.903 bits per heavy atom. The molecule has 0 rings (SSSR count). The Bertz CT molecular complexity index is 656. The summed E-state index contributed by atoms with van der Waals surface area (Å²) in [6.45, 7) is 3.70. The zero-order valence-electron chi connectivity index (χ0n) is 17.7. The minimum absolute atomic E-state index is 0.186. The lowest BCUT2D eigenvalue weighted by Crippen LogP contribution is -2.60. The number of amides is 3. The SMILES string of the molecule is CCC(C)C(NC(=O)C(CO)NC(=O)C(N)CCC(=O)O)C(=O)NC(C(=O)O)C(C)O.